The smallest absolute Gasteiger partial charge is 0.239 e. The summed E-state index contributed by atoms with van der Waals surface area (Å²) in [6.07, 6.45) is 6.14. The van der Waals surface area contributed by atoms with E-state index < -0.39 is 0 Å². The van der Waals surface area contributed by atoms with Gasteiger partial charge in [-0.15, -0.1) is 0 Å². The largest absolute Gasteiger partial charge is 0.353 e. The van der Waals surface area contributed by atoms with E-state index in [9.17, 15) is 9.59 Å². The molecule has 1 unspecified atom stereocenters. The summed E-state index contributed by atoms with van der Waals surface area (Å²) in [5.74, 6) is 0.259. The Kier molecular flexibility index (Phi) is 5.19. The van der Waals surface area contributed by atoms with Crippen LogP contribution in [-0.2, 0) is 9.59 Å². The van der Waals surface area contributed by atoms with Crippen molar-refractivity contribution in [2.24, 2.45) is 0 Å². The number of carbonyl (C=O) groups is 2. The Morgan fingerprint density at radius 2 is 1.89 bits per heavy atom. The van der Waals surface area contributed by atoms with Crippen molar-refractivity contribution in [2.75, 3.05) is 19.6 Å². The Labute approximate surface area is 115 Å². The zero-order valence-electron chi connectivity index (χ0n) is 11.8. The topological polar surface area (TPSA) is 61.4 Å². The fraction of sp³-hybridized carbons (Fsp3) is 0.857. The highest BCUT2D eigenvalue weighted by atomic mass is 16.2. The Balaban J connectivity index is 1.60. The number of nitrogens with one attached hydrogen (secondary N) is 2. The molecule has 0 aromatic heterocycles. The highest BCUT2D eigenvalue weighted by Gasteiger charge is 2.24. The monoisotopic (exact) mass is 267 g/mol. The van der Waals surface area contributed by atoms with Gasteiger partial charge in [-0.05, 0) is 39.0 Å². The summed E-state index contributed by atoms with van der Waals surface area (Å²) in [5.41, 5.74) is 0. The number of nitrogens with zero attached hydrogens (tertiary/aromatic N) is 1. The molecule has 19 heavy (non-hydrogen) atoms. The van der Waals surface area contributed by atoms with Gasteiger partial charge in [0.2, 0.25) is 11.8 Å². The van der Waals surface area contributed by atoms with E-state index in [0.717, 1.165) is 38.8 Å². The van der Waals surface area contributed by atoms with E-state index in [1.807, 2.05) is 11.8 Å². The molecule has 0 aromatic carbocycles. The van der Waals surface area contributed by atoms with Gasteiger partial charge in [-0.25, -0.2) is 0 Å². The highest BCUT2D eigenvalue weighted by molar-refractivity contribution is 5.81. The molecule has 5 nitrogen and oxygen atoms in total. The Hall–Kier alpha value is -1.10. The quantitative estimate of drug-likeness (QED) is 0.742. The summed E-state index contributed by atoms with van der Waals surface area (Å²) in [7, 11) is 0. The first-order valence-electron chi connectivity index (χ1n) is 7.48. The summed E-state index contributed by atoms with van der Waals surface area (Å²) in [6.45, 7) is 4.22. The first kappa shape index (κ1) is 14.3. The number of rotatable bonds is 6. The second-order valence-electron chi connectivity index (χ2n) is 5.65. The first-order chi connectivity index (χ1) is 9.16. The van der Waals surface area contributed by atoms with Crippen molar-refractivity contribution >= 4 is 11.8 Å². The zero-order chi connectivity index (χ0) is 13.7. The van der Waals surface area contributed by atoms with Crippen molar-refractivity contribution in [3.8, 4) is 0 Å². The van der Waals surface area contributed by atoms with Crippen LogP contribution in [-0.4, -0.2) is 48.4 Å². The number of carbonyl (C=O) groups excluding carboxylic acids is 2. The number of piperidine rings is 1. The van der Waals surface area contributed by atoms with Crippen LogP contribution in [0, 0.1) is 0 Å². The molecule has 0 radical (unpaired) electrons. The van der Waals surface area contributed by atoms with Gasteiger partial charge in [0.15, 0.2) is 0 Å². The lowest BCUT2D eigenvalue weighted by atomic mass is 10.1. The molecule has 2 amide bonds. The molecule has 2 fully saturated rings. The van der Waals surface area contributed by atoms with Gasteiger partial charge in [0.05, 0.1) is 6.04 Å². The van der Waals surface area contributed by atoms with E-state index in [1.54, 1.807) is 0 Å². The van der Waals surface area contributed by atoms with E-state index >= 15 is 0 Å². The zero-order valence-corrected chi connectivity index (χ0v) is 11.8. The van der Waals surface area contributed by atoms with E-state index in [0.29, 0.717) is 19.0 Å². The number of hydrogen-bond donors (Lipinski definition) is 2. The fourth-order valence-electron chi connectivity index (χ4n) is 2.41. The molecule has 1 atom stereocenters. The lowest BCUT2D eigenvalue weighted by molar-refractivity contribution is -0.134. The molecule has 1 aliphatic heterocycles. The third kappa shape index (κ3) is 4.82. The van der Waals surface area contributed by atoms with E-state index in [4.69, 9.17) is 0 Å². The van der Waals surface area contributed by atoms with Crippen LogP contribution < -0.4 is 10.6 Å². The van der Waals surface area contributed by atoms with Crippen LogP contribution in [0.25, 0.3) is 0 Å². The molecule has 2 N–H and O–H groups in total. The lowest BCUT2D eigenvalue weighted by Crippen LogP contribution is -2.47. The minimum atomic E-state index is -0.188. The van der Waals surface area contributed by atoms with Gasteiger partial charge >= 0.3 is 0 Å². The molecule has 2 aliphatic rings. The Morgan fingerprint density at radius 3 is 2.53 bits per heavy atom. The molecule has 0 spiro atoms. The van der Waals surface area contributed by atoms with Crippen molar-refractivity contribution < 1.29 is 9.59 Å². The molecule has 1 saturated carbocycles. The van der Waals surface area contributed by atoms with Gasteiger partial charge in [-0.1, -0.05) is 0 Å². The average Bonchev–Trinajstić information content (AvgIpc) is 3.22. The Morgan fingerprint density at radius 1 is 1.21 bits per heavy atom. The van der Waals surface area contributed by atoms with Gasteiger partial charge in [0.25, 0.3) is 0 Å². The molecule has 1 saturated heterocycles. The average molecular weight is 267 g/mol. The summed E-state index contributed by atoms with van der Waals surface area (Å²) < 4.78 is 0. The van der Waals surface area contributed by atoms with Crippen molar-refractivity contribution in [1.82, 2.24) is 15.5 Å². The normalized spacial score (nSPS) is 21.0. The minimum Gasteiger partial charge on any atom is -0.353 e. The predicted octanol–water partition coefficient (Wildman–Crippen LogP) is 0.646. The van der Waals surface area contributed by atoms with E-state index in [1.165, 1.54) is 6.42 Å². The van der Waals surface area contributed by atoms with Crippen LogP contribution in [0.4, 0.5) is 0 Å². The van der Waals surface area contributed by atoms with E-state index in [2.05, 4.69) is 10.6 Å². The van der Waals surface area contributed by atoms with Crippen molar-refractivity contribution in [1.29, 1.82) is 0 Å². The predicted molar refractivity (Wildman–Crippen MR) is 73.7 cm³/mol. The summed E-state index contributed by atoms with van der Waals surface area (Å²) in [4.78, 5) is 25.6. The molecule has 1 aliphatic carbocycles. The maximum atomic E-state index is 12.1. The second kappa shape index (κ2) is 6.89. The van der Waals surface area contributed by atoms with Gasteiger partial charge < -0.3 is 15.5 Å². The van der Waals surface area contributed by atoms with Crippen LogP contribution in [0.5, 0.6) is 0 Å². The molecule has 0 bridgehead atoms. The second-order valence-corrected chi connectivity index (χ2v) is 5.65. The van der Waals surface area contributed by atoms with E-state index in [-0.39, 0.29) is 17.9 Å². The van der Waals surface area contributed by atoms with Gasteiger partial charge in [0, 0.05) is 32.1 Å². The minimum absolute atomic E-state index is 0.0904. The van der Waals surface area contributed by atoms with Gasteiger partial charge in [-0.2, -0.15) is 0 Å². The molecule has 0 aromatic rings. The number of likely N-dealkylation sites (tertiary alicyclic amines) is 1. The fourth-order valence-corrected chi connectivity index (χ4v) is 2.41. The maximum Gasteiger partial charge on any atom is 0.239 e. The summed E-state index contributed by atoms with van der Waals surface area (Å²) in [5, 5.41) is 6.10. The van der Waals surface area contributed by atoms with Crippen LogP contribution in [0.1, 0.15) is 45.4 Å². The van der Waals surface area contributed by atoms with Crippen molar-refractivity contribution in [3.05, 3.63) is 0 Å². The summed E-state index contributed by atoms with van der Waals surface area (Å²) >= 11 is 0. The molecule has 1 heterocycles. The molecule has 5 heteroatoms. The molecule has 108 valence electrons. The van der Waals surface area contributed by atoms with Crippen LogP contribution in [0.2, 0.25) is 0 Å². The van der Waals surface area contributed by atoms with Crippen LogP contribution >= 0.6 is 0 Å². The van der Waals surface area contributed by atoms with Crippen LogP contribution in [0.15, 0.2) is 0 Å². The van der Waals surface area contributed by atoms with Crippen molar-refractivity contribution in [2.45, 2.75) is 57.5 Å². The Bertz CT molecular complexity index is 323. The standard InChI is InChI=1S/C14H25N3O2/c1-11(14(19)17-9-3-2-4-10-17)15-8-7-13(18)16-12-5-6-12/h11-12,15H,2-10H2,1H3,(H,16,18). The lowest BCUT2D eigenvalue weighted by Gasteiger charge is -2.29. The third-order valence-electron chi connectivity index (χ3n) is 3.78. The maximum absolute atomic E-state index is 12.1. The number of amides is 2. The molecule has 2 rings (SSSR count). The number of hydrogen-bond acceptors (Lipinski definition) is 3. The van der Waals surface area contributed by atoms with Crippen LogP contribution in [0.3, 0.4) is 0 Å². The molecular weight excluding hydrogens is 242 g/mol. The SMILES string of the molecule is CC(NCCC(=O)NC1CC1)C(=O)N1CCCCC1. The molecular formula is C14H25N3O2. The summed E-state index contributed by atoms with van der Waals surface area (Å²) in [6, 6.07) is 0.228. The van der Waals surface area contributed by atoms with Gasteiger partial charge in [-0.3, -0.25) is 9.59 Å². The van der Waals surface area contributed by atoms with Gasteiger partial charge in [0.1, 0.15) is 0 Å². The highest BCUT2D eigenvalue weighted by Crippen LogP contribution is 2.18. The first-order valence-corrected chi connectivity index (χ1v) is 7.48. The van der Waals surface area contributed by atoms with Crippen molar-refractivity contribution in [3.63, 3.8) is 0 Å². The third-order valence-corrected chi connectivity index (χ3v) is 3.78.